The quantitative estimate of drug-likeness (QED) is 0.923. The molecule has 3 rings (SSSR count). The molecule has 1 N–H and O–H groups in total. The monoisotopic (exact) mass is 310 g/mol. The molecule has 0 radical (unpaired) electrons. The number of nitrogens with zero attached hydrogens (tertiary/aromatic N) is 1. The van der Waals surface area contributed by atoms with Crippen molar-refractivity contribution < 1.29 is 9.53 Å². The van der Waals surface area contributed by atoms with Crippen molar-refractivity contribution >= 4 is 5.91 Å². The van der Waals surface area contributed by atoms with Gasteiger partial charge in [0.1, 0.15) is 5.75 Å². The summed E-state index contributed by atoms with van der Waals surface area (Å²) in [4.78, 5) is 16.2. The van der Waals surface area contributed by atoms with Gasteiger partial charge in [0.05, 0.1) is 0 Å². The molecule has 0 saturated carbocycles. The molecule has 0 unspecified atom stereocenters. The van der Waals surface area contributed by atoms with Gasteiger partial charge in [0.2, 0.25) is 0 Å². The first-order chi connectivity index (χ1) is 11.2. The van der Waals surface area contributed by atoms with Crippen molar-refractivity contribution in [2.75, 3.05) is 0 Å². The fraction of sp³-hybridized carbons (Fsp3) is 0.368. The van der Waals surface area contributed by atoms with E-state index in [4.69, 9.17) is 4.74 Å². The van der Waals surface area contributed by atoms with Gasteiger partial charge in [-0.1, -0.05) is 12.1 Å². The largest absolute Gasteiger partial charge is 0.481 e. The van der Waals surface area contributed by atoms with Gasteiger partial charge in [0.25, 0.3) is 5.91 Å². The molecule has 4 nitrogen and oxygen atoms in total. The Balaban J connectivity index is 1.60. The molecule has 120 valence electrons. The summed E-state index contributed by atoms with van der Waals surface area (Å²) in [5.41, 5.74) is 3.66. The van der Waals surface area contributed by atoms with E-state index in [-0.39, 0.29) is 5.91 Å². The number of rotatable bonds is 5. The predicted octanol–water partition coefficient (Wildman–Crippen LogP) is 3.04. The number of carbonyl (C=O) groups is 1. The first kappa shape index (κ1) is 15.5. The predicted molar refractivity (Wildman–Crippen MR) is 89.3 cm³/mol. The average Bonchev–Trinajstić information content (AvgIpc) is 2.61. The number of benzene rings is 1. The third-order valence-electron chi connectivity index (χ3n) is 4.24. The van der Waals surface area contributed by atoms with Crippen LogP contribution in [0.4, 0.5) is 0 Å². The van der Waals surface area contributed by atoms with Gasteiger partial charge in [0, 0.05) is 18.9 Å². The Bertz CT molecular complexity index is 670. The lowest BCUT2D eigenvalue weighted by Crippen LogP contribution is -2.36. The van der Waals surface area contributed by atoms with Crippen LogP contribution in [0.25, 0.3) is 0 Å². The summed E-state index contributed by atoms with van der Waals surface area (Å²) in [5, 5.41) is 2.91. The summed E-state index contributed by atoms with van der Waals surface area (Å²) >= 11 is 0. The Kier molecular flexibility index (Phi) is 4.91. The van der Waals surface area contributed by atoms with Crippen LogP contribution in [-0.4, -0.2) is 17.0 Å². The molecule has 4 heteroatoms. The van der Waals surface area contributed by atoms with Crippen LogP contribution >= 0.6 is 0 Å². The second-order valence-corrected chi connectivity index (χ2v) is 5.93. The third kappa shape index (κ3) is 3.89. The fourth-order valence-electron chi connectivity index (χ4n) is 2.93. The maximum absolute atomic E-state index is 12.2. The minimum Gasteiger partial charge on any atom is -0.481 e. The molecule has 1 aromatic heterocycles. The SMILES string of the molecule is C[C@H](Oc1cccc2c1CCCC2)C(=O)NCc1ccncc1. The van der Waals surface area contributed by atoms with Gasteiger partial charge in [-0.05, 0) is 67.5 Å². The first-order valence-electron chi connectivity index (χ1n) is 8.18. The molecule has 0 bridgehead atoms. The van der Waals surface area contributed by atoms with Gasteiger partial charge in [-0.3, -0.25) is 9.78 Å². The minimum absolute atomic E-state index is 0.102. The Morgan fingerprint density at radius 2 is 2.00 bits per heavy atom. The number of hydrogen-bond donors (Lipinski definition) is 1. The van der Waals surface area contributed by atoms with Crippen molar-refractivity contribution in [3.05, 3.63) is 59.4 Å². The second-order valence-electron chi connectivity index (χ2n) is 5.93. The van der Waals surface area contributed by atoms with Crippen LogP contribution in [-0.2, 0) is 24.2 Å². The average molecular weight is 310 g/mol. The molecule has 1 amide bonds. The number of ether oxygens (including phenoxy) is 1. The van der Waals surface area contributed by atoms with Crippen molar-refractivity contribution in [1.29, 1.82) is 0 Å². The van der Waals surface area contributed by atoms with E-state index in [1.165, 1.54) is 24.0 Å². The number of aromatic nitrogens is 1. The van der Waals surface area contributed by atoms with Crippen molar-refractivity contribution in [3.8, 4) is 5.75 Å². The molecular formula is C19H22N2O2. The molecule has 0 saturated heterocycles. The van der Waals surface area contributed by atoms with Gasteiger partial charge in [-0.2, -0.15) is 0 Å². The van der Waals surface area contributed by atoms with Crippen LogP contribution in [0.2, 0.25) is 0 Å². The lowest BCUT2D eigenvalue weighted by molar-refractivity contribution is -0.127. The highest BCUT2D eigenvalue weighted by Gasteiger charge is 2.19. The van der Waals surface area contributed by atoms with E-state index < -0.39 is 6.10 Å². The molecule has 1 heterocycles. The fourth-order valence-corrected chi connectivity index (χ4v) is 2.93. The second kappa shape index (κ2) is 7.27. The molecule has 1 aliphatic rings. The number of carbonyl (C=O) groups excluding carboxylic acids is 1. The summed E-state index contributed by atoms with van der Waals surface area (Å²) in [6.07, 6.45) is 7.50. The molecule has 1 aliphatic carbocycles. The number of nitrogens with one attached hydrogen (secondary N) is 1. The minimum atomic E-state index is -0.509. The maximum atomic E-state index is 12.2. The Hall–Kier alpha value is -2.36. The zero-order valence-corrected chi connectivity index (χ0v) is 13.4. The molecule has 0 fully saturated rings. The normalized spacial score (nSPS) is 14.7. The van der Waals surface area contributed by atoms with Crippen LogP contribution in [0.5, 0.6) is 5.75 Å². The van der Waals surface area contributed by atoms with E-state index in [0.29, 0.717) is 6.54 Å². The van der Waals surface area contributed by atoms with E-state index in [9.17, 15) is 4.79 Å². The number of aryl methyl sites for hydroxylation is 1. The van der Waals surface area contributed by atoms with Crippen molar-refractivity contribution in [1.82, 2.24) is 10.3 Å². The number of pyridine rings is 1. The summed E-state index contributed by atoms with van der Waals surface area (Å²) in [6.45, 7) is 2.28. The van der Waals surface area contributed by atoms with Gasteiger partial charge < -0.3 is 10.1 Å². The van der Waals surface area contributed by atoms with Crippen molar-refractivity contribution in [2.45, 2.75) is 45.3 Å². The molecular weight excluding hydrogens is 288 g/mol. The first-order valence-corrected chi connectivity index (χ1v) is 8.18. The topological polar surface area (TPSA) is 51.2 Å². The standard InChI is InChI=1S/C19H22N2O2/c1-14(19(22)21-13-15-9-11-20-12-10-15)23-18-8-4-6-16-5-2-3-7-17(16)18/h4,6,8-12,14H,2-3,5,7,13H2,1H3,(H,21,22)/t14-/m0/s1. The summed E-state index contributed by atoms with van der Waals surface area (Å²) in [7, 11) is 0. The molecule has 2 aromatic rings. The zero-order chi connectivity index (χ0) is 16.1. The van der Waals surface area contributed by atoms with Crippen LogP contribution in [0, 0.1) is 0 Å². The number of amides is 1. The van der Waals surface area contributed by atoms with Crippen LogP contribution in [0.15, 0.2) is 42.7 Å². The molecule has 0 spiro atoms. The van der Waals surface area contributed by atoms with Crippen LogP contribution < -0.4 is 10.1 Å². The van der Waals surface area contributed by atoms with E-state index in [0.717, 1.165) is 24.2 Å². The Morgan fingerprint density at radius 1 is 1.22 bits per heavy atom. The van der Waals surface area contributed by atoms with Crippen molar-refractivity contribution in [2.24, 2.45) is 0 Å². The highest BCUT2D eigenvalue weighted by Crippen LogP contribution is 2.30. The van der Waals surface area contributed by atoms with Crippen LogP contribution in [0.1, 0.15) is 36.5 Å². The highest BCUT2D eigenvalue weighted by molar-refractivity contribution is 5.80. The maximum Gasteiger partial charge on any atom is 0.261 e. The van der Waals surface area contributed by atoms with Gasteiger partial charge >= 0.3 is 0 Å². The lowest BCUT2D eigenvalue weighted by Gasteiger charge is -2.22. The Morgan fingerprint density at radius 3 is 2.83 bits per heavy atom. The smallest absolute Gasteiger partial charge is 0.261 e. The molecule has 0 aliphatic heterocycles. The van der Waals surface area contributed by atoms with Crippen LogP contribution in [0.3, 0.4) is 0 Å². The lowest BCUT2D eigenvalue weighted by atomic mass is 9.91. The molecule has 1 atom stereocenters. The summed E-state index contributed by atoms with van der Waals surface area (Å²) in [5.74, 6) is 0.754. The number of hydrogen-bond acceptors (Lipinski definition) is 3. The molecule has 1 aromatic carbocycles. The van der Waals surface area contributed by atoms with E-state index in [1.807, 2.05) is 24.3 Å². The van der Waals surface area contributed by atoms with Crippen molar-refractivity contribution in [3.63, 3.8) is 0 Å². The van der Waals surface area contributed by atoms with E-state index >= 15 is 0 Å². The van der Waals surface area contributed by atoms with E-state index in [1.54, 1.807) is 19.3 Å². The summed E-state index contributed by atoms with van der Waals surface area (Å²) < 4.78 is 5.94. The summed E-state index contributed by atoms with van der Waals surface area (Å²) in [6, 6.07) is 9.92. The van der Waals surface area contributed by atoms with E-state index in [2.05, 4.69) is 16.4 Å². The highest BCUT2D eigenvalue weighted by atomic mass is 16.5. The zero-order valence-electron chi connectivity index (χ0n) is 13.4. The van der Waals surface area contributed by atoms with Gasteiger partial charge in [-0.15, -0.1) is 0 Å². The third-order valence-corrected chi connectivity index (χ3v) is 4.24. The van der Waals surface area contributed by atoms with Gasteiger partial charge in [-0.25, -0.2) is 0 Å². The van der Waals surface area contributed by atoms with Gasteiger partial charge in [0.15, 0.2) is 6.10 Å². The number of fused-ring (bicyclic) bond motifs is 1. The Labute approximate surface area is 136 Å². The molecule has 23 heavy (non-hydrogen) atoms.